The zero-order valence-corrected chi connectivity index (χ0v) is 16.6. The predicted molar refractivity (Wildman–Crippen MR) is 116 cm³/mol. The number of para-hydroxylation sites is 3. The van der Waals surface area contributed by atoms with Crippen LogP contribution in [0.5, 0.6) is 0 Å². The largest absolute Gasteiger partial charge is 0.325 e. The second kappa shape index (κ2) is 8.50. The Morgan fingerprint density at radius 3 is 2.50 bits per heavy atom. The number of halogens is 1. The van der Waals surface area contributed by atoms with Crippen LogP contribution in [0.1, 0.15) is 5.82 Å². The van der Waals surface area contributed by atoms with Crippen molar-refractivity contribution in [1.29, 1.82) is 0 Å². The van der Waals surface area contributed by atoms with Crippen LogP contribution in [0.3, 0.4) is 0 Å². The number of thioether (sulfide) groups is 1. The number of nitrogens with zero attached hydrogens (tertiary/aromatic N) is 2. The minimum absolute atomic E-state index is 0.0849. The molecule has 0 aliphatic heterocycles. The fraction of sp³-hybridized carbons (Fsp3) is 0.0909. The lowest BCUT2D eigenvalue weighted by Gasteiger charge is -2.10. The van der Waals surface area contributed by atoms with Crippen molar-refractivity contribution in [3.05, 3.63) is 89.7 Å². The fourth-order valence-corrected chi connectivity index (χ4v) is 4.17. The Morgan fingerprint density at radius 2 is 1.68 bits per heavy atom. The molecule has 0 aliphatic carbocycles. The molecule has 1 N–H and O–H groups in total. The van der Waals surface area contributed by atoms with Gasteiger partial charge in [0.15, 0.2) is 0 Å². The van der Waals surface area contributed by atoms with Gasteiger partial charge in [0.1, 0.15) is 12.4 Å². The van der Waals surface area contributed by atoms with Crippen LogP contribution in [0.4, 0.5) is 5.69 Å². The Hall–Kier alpha value is -2.76. The summed E-state index contributed by atoms with van der Waals surface area (Å²) in [5.74, 6) is 1.38. The number of nitrogens with one attached hydrogen (secondary N) is 1. The van der Waals surface area contributed by atoms with Gasteiger partial charge in [0.05, 0.1) is 21.8 Å². The van der Waals surface area contributed by atoms with E-state index >= 15 is 0 Å². The summed E-state index contributed by atoms with van der Waals surface area (Å²) in [6.45, 7) is 0.202. The number of benzene rings is 3. The molecule has 1 amide bonds. The Balaban J connectivity index is 1.58. The van der Waals surface area contributed by atoms with Gasteiger partial charge in [-0.25, -0.2) is 4.98 Å². The molecule has 1 aromatic heterocycles. The summed E-state index contributed by atoms with van der Waals surface area (Å²) in [5, 5.41) is 3.66. The van der Waals surface area contributed by atoms with E-state index in [1.54, 1.807) is 11.8 Å². The lowest BCUT2D eigenvalue weighted by Crippen LogP contribution is -2.20. The van der Waals surface area contributed by atoms with Crippen LogP contribution in [0.25, 0.3) is 11.0 Å². The van der Waals surface area contributed by atoms with Crippen LogP contribution in [0.2, 0.25) is 5.02 Å². The van der Waals surface area contributed by atoms with Gasteiger partial charge in [0, 0.05) is 10.6 Å². The summed E-state index contributed by atoms with van der Waals surface area (Å²) in [6.07, 6.45) is 0. The molecule has 0 atom stereocenters. The van der Waals surface area contributed by atoms with Crippen LogP contribution >= 0.6 is 23.4 Å². The van der Waals surface area contributed by atoms with E-state index in [-0.39, 0.29) is 12.5 Å². The average Bonchev–Trinajstić information content (AvgIpc) is 3.05. The molecule has 0 bridgehead atoms. The van der Waals surface area contributed by atoms with E-state index in [9.17, 15) is 4.79 Å². The quantitative estimate of drug-likeness (QED) is 0.422. The summed E-state index contributed by atoms with van der Waals surface area (Å²) in [7, 11) is 0. The van der Waals surface area contributed by atoms with Crippen molar-refractivity contribution in [1.82, 2.24) is 9.55 Å². The van der Waals surface area contributed by atoms with Crippen LogP contribution in [0, 0.1) is 0 Å². The number of fused-ring (bicyclic) bond motifs is 1. The SMILES string of the molecule is O=C(Cn1c(CSc2ccccc2Cl)nc2ccccc21)Nc1ccccc1. The summed E-state index contributed by atoms with van der Waals surface area (Å²) in [5.41, 5.74) is 2.61. The van der Waals surface area contributed by atoms with Crippen molar-refractivity contribution < 1.29 is 4.79 Å². The molecule has 1 heterocycles. The molecule has 4 nitrogen and oxygen atoms in total. The number of carbonyl (C=O) groups is 1. The zero-order valence-electron chi connectivity index (χ0n) is 15.0. The first kappa shape index (κ1) is 18.6. The molecular weight excluding hydrogens is 390 g/mol. The molecule has 140 valence electrons. The summed E-state index contributed by atoms with van der Waals surface area (Å²) in [4.78, 5) is 18.3. The maximum atomic E-state index is 12.6. The highest BCUT2D eigenvalue weighted by molar-refractivity contribution is 7.98. The molecule has 6 heteroatoms. The molecule has 0 unspecified atom stereocenters. The molecule has 0 saturated carbocycles. The highest BCUT2D eigenvalue weighted by Gasteiger charge is 2.14. The van der Waals surface area contributed by atoms with Crippen molar-refractivity contribution in [2.24, 2.45) is 0 Å². The smallest absolute Gasteiger partial charge is 0.244 e. The normalized spacial score (nSPS) is 10.9. The third kappa shape index (κ3) is 4.21. The Labute approximate surface area is 172 Å². The van der Waals surface area contributed by atoms with E-state index < -0.39 is 0 Å². The second-order valence-electron chi connectivity index (χ2n) is 6.24. The van der Waals surface area contributed by atoms with Crippen molar-refractivity contribution in [3.63, 3.8) is 0 Å². The molecule has 0 spiro atoms. The van der Waals surface area contributed by atoms with E-state index in [1.807, 2.05) is 83.4 Å². The van der Waals surface area contributed by atoms with Crippen molar-refractivity contribution in [3.8, 4) is 0 Å². The molecule has 28 heavy (non-hydrogen) atoms. The lowest BCUT2D eigenvalue weighted by atomic mass is 10.3. The molecule has 0 saturated heterocycles. The van der Waals surface area contributed by atoms with Gasteiger partial charge in [-0.1, -0.05) is 54.1 Å². The number of hydrogen-bond donors (Lipinski definition) is 1. The number of amides is 1. The van der Waals surface area contributed by atoms with Gasteiger partial charge in [-0.15, -0.1) is 11.8 Å². The second-order valence-corrected chi connectivity index (χ2v) is 7.66. The van der Waals surface area contributed by atoms with Gasteiger partial charge >= 0.3 is 0 Å². The van der Waals surface area contributed by atoms with Crippen molar-refractivity contribution in [2.45, 2.75) is 17.2 Å². The molecule has 0 aliphatic rings. The first-order chi connectivity index (χ1) is 13.7. The van der Waals surface area contributed by atoms with Gasteiger partial charge in [0.25, 0.3) is 0 Å². The minimum atomic E-state index is -0.0849. The first-order valence-electron chi connectivity index (χ1n) is 8.87. The number of anilines is 1. The minimum Gasteiger partial charge on any atom is -0.325 e. The van der Waals surface area contributed by atoms with E-state index in [0.717, 1.165) is 32.5 Å². The Morgan fingerprint density at radius 1 is 0.964 bits per heavy atom. The first-order valence-corrected chi connectivity index (χ1v) is 10.2. The fourth-order valence-electron chi connectivity index (χ4n) is 2.98. The van der Waals surface area contributed by atoms with Gasteiger partial charge < -0.3 is 9.88 Å². The van der Waals surface area contributed by atoms with E-state index in [4.69, 9.17) is 16.6 Å². The van der Waals surface area contributed by atoms with Crippen LogP contribution in [-0.2, 0) is 17.1 Å². The summed E-state index contributed by atoms with van der Waals surface area (Å²) < 4.78 is 1.97. The average molecular weight is 408 g/mol. The number of hydrogen-bond acceptors (Lipinski definition) is 3. The van der Waals surface area contributed by atoms with Gasteiger partial charge in [0.2, 0.25) is 5.91 Å². The van der Waals surface area contributed by atoms with Gasteiger partial charge in [-0.2, -0.15) is 0 Å². The van der Waals surface area contributed by atoms with Gasteiger partial charge in [-0.05, 0) is 36.4 Å². The zero-order chi connectivity index (χ0) is 19.3. The predicted octanol–water partition coefficient (Wildman–Crippen LogP) is 5.62. The van der Waals surface area contributed by atoms with E-state index in [2.05, 4.69) is 5.32 Å². The third-order valence-electron chi connectivity index (χ3n) is 4.29. The van der Waals surface area contributed by atoms with Crippen molar-refractivity contribution in [2.75, 3.05) is 5.32 Å². The van der Waals surface area contributed by atoms with Crippen LogP contribution in [-0.4, -0.2) is 15.5 Å². The summed E-state index contributed by atoms with van der Waals surface area (Å²) >= 11 is 7.89. The number of imidazole rings is 1. The molecule has 0 fully saturated rings. The van der Waals surface area contributed by atoms with Gasteiger partial charge in [-0.3, -0.25) is 4.79 Å². The summed E-state index contributed by atoms with van der Waals surface area (Å²) in [6, 6.07) is 25.1. The molecular formula is C22H18ClN3OS. The standard InChI is InChI=1S/C22H18ClN3OS/c23-17-10-4-7-13-20(17)28-15-21-25-18-11-5-6-12-19(18)26(21)14-22(27)24-16-8-2-1-3-9-16/h1-13H,14-15H2,(H,24,27). The van der Waals surface area contributed by atoms with E-state index in [1.165, 1.54) is 0 Å². The lowest BCUT2D eigenvalue weighted by molar-refractivity contribution is -0.116. The monoisotopic (exact) mass is 407 g/mol. The maximum absolute atomic E-state index is 12.6. The highest BCUT2D eigenvalue weighted by Crippen LogP contribution is 2.30. The number of carbonyl (C=O) groups excluding carboxylic acids is 1. The van der Waals surface area contributed by atoms with Crippen LogP contribution < -0.4 is 5.32 Å². The Kier molecular flexibility index (Phi) is 5.65. The molecule has 4 aromatic rings. The highest BCUT2D eigenvalue weighted by atomic mass is 35.5. The van der Waals surface area contributed by atoms with E-state index in [0.29, 0.717) is 5.75 Å². The maximum Gasteiger partial charge on any atom is 0.244 e. The Bertz CT molecular complexity index is 1110. The van der Waals surface area contributed by atoms with Crippen molar-refractivity contribution >= 4 is 46.0 Å². The third-order valence-corrected chi connectivity index (χ3v) is 5.80. The van der Waals surface area contributed by atoms with Crippen LogP contribution in [0.15, 0.2) is 83.8 Å². The number of rotatable bonds is 6. The molecule has 3 aromatic carbocycles. The molecule has 4 rings (SSSR count). The molecule has 0 radical (unpaired) electrons. The number of aromatic nitrogens is 2. The topological polar surface area (TPSA) is 46.9 Å².